The molecule has 0 saturated carbocycles. The van der Waals surface area contributed by atoms with Crippen LogP contribution in [-0.2, 0) is 0 Å². The Balaban J connectivity index is 0. The number of halogens is 2. The normalized spacial score (nSPS) is 10.2. The van der Waals surface area contributed by atoms with Crippen molar-refractivity contribution in [2.75, 3.05) is 25.5 Å². The molecule has 13 heavy (non-hydrogen) atoms. The SMILES string of the molecule is CCN(CC)CCCCCCCl.Cl. The minimum absolute atomic E-state index is 0. The molecule has 0 fully saturated rings. The van der Waals surface area contributed by atoms with Gasteiger partial charge in [-0.3, -0.25) is 0 Å². The summed E-state index contributed by atoms with van der Waals surface area (Å²) in [5.74, 6) is 0.825. The molecule has 0 atom stereocenters. The van der Waals surface area contributed by atoms with E-state index < -0.39 is 0 Å². The Bertz CT molecular complexity index is 85.0. The summed E-state index contributed by atoms with van der Waals surface area (Å²) in [6, 6.07) is 0. The van der Waals surface area contributed by atoms with E-state index in [0.29, 0.717) is 0 Å². The molecule has 0 aliphatic rings. The highest BCUT2D eigenvalue weighted by Crippen LogP contribution is 2.02. The summed E-state index contributed by atoms with van der Waals surface area (Å²) in [7, 11) is 0. The van der Waals surface area contributed by atoms with Crippen molar-refractivity contribution < 1.29 is 0 Å². The molecule has 0 unspecified atom stereocenters. The molecule has 0 aromatic carbocycles. The molecule has 3 heteroatoms. The van der Waals surface area contributed by atoms with Crippen LogP contribution in [0.4, 0.5) is 0 Å². The van der Waals surface area contributed by atoms with Crippen LogP contribution in [0, 0.1) is 0 Å². The molecule has 0 spiro atoms. The van der Waals surface area contributed by atoms with Gasteiger partial charge in [0, 0.05) is 5.88 Å². The third kappa shape index (κ3) is 10.5. The molecule has 0 bridgehead atoms. The third-order valence-corrected chi connectivity index (χ3v) is 2.52. The molecule has 1 nitrogen and oxygen atoms in total. The van der Waals surface area contributed by atoms with Gasteiger partial charge in [0.05, 0.1) is 0 Å². The van der Waals surface area contributed by atoms with Crippen LogP contribution in [0.5, 0.6) is 0 Å². The maximum atomic E-state index is 5.59. The largest absolute Gasteiger partial charge is 0.304 e. The first-order valence-electron chi connectivity index (χ1n) is 5.13. The van der Waals surface area contributed by atoms with E-state index in [-0.39, 0.29) is 12.4 Å². The maximum absolute atomic E-state index is 5.59. The van der Waals surface area contributed by atoms with E-state index in [1.54, 1.807) is 0 Å². The lowest BCUT2D eigenvalue weighted by molar-refractivity contribution is 0.295. The lowest BCUT2D eigenvalue weighted by Gasteiger charge is -2.17. The molecule has 0 radical (unpaired) electrons. The van der Waals surface area contributed by atoms with Crippen molar-refractivity contribution >= 4 is 24.0 Å². The van der Waals surface area contributed by atoms with Gasteiger partial charge in [-0.2, -0.15) is 0 Å². The zero-order valence-electron chi connectivity index (χ0n) is 8.89. The van der Waals surface area contributed by atoms with Gasteiger partial charge in [-0.05, 0) is 32.5 Å². The van der Waals surface area contributed by atoms with Gasteiger partial charge in [0.25, 0.3) is 0 Å². The fourth-order valence-electron chi connectivity index (χ4n) is 1.32. The number of alkyl halides is 1. The van der Waals surface area contributed by atoms with E-state index in [1.807, 2.05) is 0 Å². The predicted octanol–water partition coefficient (Wildman–Crippen LogP) is 3.55. The van der Waals surface area contributed by atoms with Crippen LogP contribution in [0.3, 0.4) is 0 Å². The number of nitrogens with zero attached hydrogens (tertiary/aromatic N) is 1. The number of rotatable bonds is 8. The van der Waals surface area contributed by atoms with Gasteiger partial charge in [-0.15, -0.1) is 24.0 Å². The van der Waals surface area contributed by atoms with Gasteiger partial charge < -0.3 is 4.90 Å². The fraction of sp³-hybridized carbons (Fsp3) is 1.00. The quantitative estimate of drug-likeness (QED) is 0.453. The number of hydrogen-bond acceptors (Lipinski definition) is 1. The van der Waals surface area contributed by atoms with Crippen LogP contribution in [0.15, 0.2) is 0 Å². The topological polar surface area (TPSA) is 3.24 Å². The molecule has 0 heterocycles. The molecule has 0 rings (SSSR count). The standard InChI is InChI=1S/C10H22ClN.ClH/c1-3-12(4-2)10-8-6-5-7-9-11;/h3-10H2,1-2H3;1H. The average Bonchev–Trinajstić information content (AvgIpc) is 2.11. The van der Waals surface area contributed by atoms with E-state index in [2.05, 4.69) is 18.7 Å². The highest BCUT2D eigenvalue weighted by Gasteiger charge is 1.97. The summed E-state index contributed by atoms with van der Waals surface area (Å²) >= 11 is 5.59. The van der Waals surface area contributed by atoms with E-state index in [4.69, 9.17) is 11.6 Å². The van der Waals surface area contributed by atoms with Crippen molar-refractivity contribution in [3.05, 3.63) is 0 Å². The zero-order valence-corrected chi connectivity index (χ0v) is 10.5. The Hall–Kier alpha value is 0.540. The van der Waals surface area contributed by atoms with Crippen LogP contribution in [0.2, 0.25) is 0 Å². The minimum Gasteiger partial charge on any atom is -0.304 e. The summed E-state index contributed by atoms with van der Waals surface area (Å²) in [5, 5.41) is 0. The monoisotopic (exact) mass is 227 g/mol. The van der Waals surface area contributed by atoms with Crippen molar-refractivity contribution in [3.8, 4) is 0 Å². The lowest BCUT2D eigenvalue weighted by atomic mass is 10.2. The van der Waals surface area contributed by atoms with Gasteiger partial charge in [-0.1, -0.05) is 26.7 Å². The van der Waals surface area contributed by atoms with Crippen molar-refractivity contribution in [3.63, 3.8) is 0 Å². The second-order valence-corrected chi connectivity index (χ2v) is 3.51. The van der Waals surface area contributed by atoms with Gasteiger partial charge in [-0.25, -0.2) is 0 Å². The zero-order chi connectivity index (χ0) is 9.23. The summed E-state index contributed by atoms with van der Waals surface area (Å²) < 4.78 is 0. The first kappa shape index (κ1) is 16.0. The molecule has 0 aliphatic carbocycles. The van der Waals surface area contributed by atoms with Gasteiger partial charge >= 0.3 is 0 Å². The van der Waals surface area contributed by atoms with E-state index >= 15 is 0 Å². The molecule has 0 amide bonds. The average molecular weight is 228 g/mol. The molecule has 0 saturated heterocycles. The highest BCUT2D eigenvalue weighted by molar-refractivity contribution is 6.17. The third-order valence-electron chi connectivity index (χ3n) is 2.25. The van der Waals surface area contributed by atoms with Crippen molar-refractivity contribution in [1.82, 2.24) is 4.90 Å². The van der Waals surface area contributed by atoms with E-state index in [0.717, 1.165) is 5.88 Å². The fourth-order valence-corrected chi connectivity index (χ4v) is 1.51. The van der Waals surface area contributed by atoms with Gasteiger partial charge in [0.2, 0.25) is 0 Å². The van der Waals surface area contributed by atoms with Crippen LogP contribution in [0.1, 0.15) is 39.5 Å². The van der Waals surface area contributed by atoms with Gasteiger partial charge in [0.1, 0.15) is 0 Å². The summed E-state index contributed by atoms with van der Waals surface area (Å²) in [4.78, 5) is 2.47. The van der Waals surface area contributed by atoms with Crippen molar-refractivity contribution in [1.29, 1.82) is 0 Å². The van der Waals surface area contributed by atoms with Crippen LogP contribution >= 0.6 is 24.0 Å². The van der Waals surface area contributed by atoms with E-state index in [1.165, 1.54) is 45.3 Å². The number of unbranched alkanes of at least 4 members (excludes halogenated alkanes) is 3. The molecule has 0 N–H and O–H groups in total. The number of hydrogen-bond donors (Lipinski definition) is 0. The second-order valence-electron chi connectivity index (χ2n) is 3.13. The lowest BCUT2D eigenvalue weighted by Crippen LogP contribution is -2.23. The summed E-state index contributed by atoms with van der Waals surface area (Å²) in [6.07, 6.45) is 5.15. The first-order chi connectivity index (χ1) is 5.85. The van der Waals surface area contributed by atoms with Gasteiger partial charge in [0.15, 0.2) is 0 Å². The molecule has 0 aromatic rings. The van der Waals surface area contributed by atoms with E-state index in [9.17, 15) is 0 Å². The van der Waals surface area contributed by atoms with Crippen LogP contribution in [0.25, 0.3) is 0 Å². The Kier molecular flexibility index (Phi) is 15.4. The molecular weight excluding hydrogens is 205 g/mol. The Morgan fingerprint density at radius 3 is 1.92 bits per heavy atom. The Labute approximate surface area is 94.2 Å². The molecular formula is C10H23Cl2N. The first-order valence-corrected chi connectivity index (χ1v) is 5.66. The highest BCUT2D eigenvalue weighted by atomic mass is 35.5. The predicted molar refractivity (Wildman–Crippen MR) is 64.2 cm³/mol. The second kappa shape index (κ2) is 12.5. The molecule has 82 valence electrons. The maximum Gasteiger partial charge on any atom is 0.0223 e. The minimum atomic E-state index is 0. The summed E-state index contributed by atoms with van der Waals surface area (Å²) in [5.41, 5.74) is 0. The molecule has 0 aliphatic heterocycles. The Morgan fingerprint density at radius 2 is 1.46 bits per heavy atom. The van der Waals surface area contributed by atoms with Crippen molar-refractivity contribution in [2.24, 2.45) is 0 Å². The summed E-state index contributed by atoms with van der Waals surface area (Å²) in [6.45, 7) is 8.08. The smallest absolute Gasteiger partial charge is 0.0223 e. The molecule has 0 aromatic heterocycles. The van der Waals surface area contributed by atoms with Crippen LogP contribution < -0.4 is 0 Å². The van der Waals surface area contributed by atoms with Crippen LogP contribution in [-0.4, -0.2) is 30.4 Å². The Morgan fingerprint density at radius 1 is 0.923 bits per heavy atom. The van der Waals surface area contributed by atoms with Crippen molar-refractivity contribution in [2.45, 2.75) is 39.5 Å².